The number of fused-ring (bicyclic) bond motifs is 1. The average molecular weight is 327 g/mol. The molecule has 114 valence electrons. The van der Waals surface area contributed by atoms with Gasteiger partial charge in [-0.1, -0.05) is 41.9 Å². The monoisotopic (exact) mass is 326 g/mol. The van der Waals surface area contributed by atoms with Crippen LogP contribution >= 0.6 is 11.6 Å². The van der Waals surface area contributed by atoms with Gasteiger partial charge in [-0.05, 0) is 35.7 Å². The Hall–Kier alpha value is -2.85. The number of rotatable bonds is 3. The summed E-state index contributed by atoms with van der Waals surface area (Å²) in [4.78, 5) is 23.1. The lowest BCUT2D eigenvalue weighted by Gasteiger charge is -2.10. The highest BCUT2D eigenvalue weighted by Crippen LogP contribution is 2.33. The molecule has 3 aromatic rings. The normalized spacial score (nSPS) is 10.5. The molecule has 0 heterocycles. The third-order valence-electron chi connectivity index (χ3n) is 3.39. The number of aromatic carboxylic acids is 1. The number of esters is 1. The molecule has 1 N–H and O–H groups in total. The van der Waals surface area contributed by atoms with Gasteiger partial charge in [0, 0.05) is 5.39 Å². The zero-order valence-corrected chi connectivity index (χ0v) is 12.6. The van der Waals surface area contributed by atoms with Crippen LogP contribution in [0.15, 0.2) is 60.7 Å². The van der Waals surface area contributed by atoms with E-state index in [4.69, 9.17) is 21.4 Å². The Morgan fingerprint density at radius 1 is 0.870 bits per heavy atom. The highest BCUT2D eigenvalue weighted by Gasteiger charge is 2.14. The van der Waals surface area contributed by atoms with Crippen molar-refractivity contribution in [2.75, 3.05) is 0 Å². The number of hydrogen-bond acceptors (Lipinski definition) is 3. The van der Waals surface area contributed by atoms with Gasteiger partial charge in [0.1, 0.15) is 0 Å². The number of carboxylic acid groups (broad SMARTS) is 1. The summed E-state index contributed by atoms with van der Waals surface area (Å²) >= 11 is 6.15. The van der Waals surface area contributed by atoms with Gasteiger partial charge in [-0.3, -0.25) is 0 Å². The van der Waals surface area contributed by atoms with Crippen molar-refractivity contribution in [1.29, 1.82) is 0 Å². The van der Waals surface area contributed by atoms with Gasteiger partial charge < -0.3 is 9.84 Å². The number of ether oxygens (including phenoxy) is 1. The van der Waals surface area contributed by atoms with Crippen molar-refractivity contribution >= 4 is 34.3 Å². The van der Waals surface area contributed by atoms with Crippen molar-refractivity contribution in [3.63, 3.8) is 0 Å². The fraction of sp³-hybridized carbons (Fsp3) is 0. The molecule has 0 aromatic heterocycles. The van der Waals surface area contributed by atoms with Crippen molar-refractivity contribution in [2.45, 2.75) is 0 Å². The summed E-state index contributed by atoms with van der Waals surface area (Å²) in [5.74, 6) is -1.36. The van der Waals surface area contributed by atoms with E-state index < -0.39 is 11.9 Å². The minimum absolute atomic E-state index is 0.102. The van der Waals surface area contributed by atoms with E-state index in [0.717, 1.165) is 10.8 Å². The van der Waals surface area contributed by atoms with Gasteiger partial charge in [-0.2, -0.15) is 0 Å². The van der Waals surface area contributed by atoms with Gasteiger partial charge in [-0.15, -0.1) is 0 Å². The summed E-state index contributed by atoms with van der Waals surface area (Å²) in [7, 11) is 0. The molecule has 0 aliphatic heterocycles. The molecule has 0 radical (unpaired) electrons. The molecule has 0 atom stereocenters. The SMILES string of the molecule is O=C(O)c1ccc(C(=O)Oc2c(Cl)ccc3ccccc23)cc1. The largest absolute Gasteiger partial charge is 0.478 e. The van der Waals surface area contributed by atoms with Crippen LogP contribution in [0.5, 0.6) is 5.75 Å². The molecule has 4 nitrogen and oxygen atoms in total. The van der Waals surface area contributed by atoms with Crippen molar-refractivity contribution < 1.29 is 19.4 Å². The highest BCUT2D eigenvalue weighted by atomic mass is 35.5. The fourth-order valence-corrected chi connectivity index (χ4v) is 2.42. The Balaban J connectivity index is 1.94. The van der Waals surface area contributed by atoms with E-state index in [-0.39, 0.29) is 16.9 Å². The average Bonchev–Trinajstić information content (AvgIpc) is 2.57. The molecule has 0 amide bonds. The second kappa shape index (κ2) is 6.10. The zero-order chi connectivity index (χ0) is 16.4. The first-order chi connectivity index (χ1) is 11.1. The summed E-state index contributed by atoms with van der Waals surface area (Å²) in [5, 5.41) is 10.8. The first kappa shape index (κ1) is 15.1. The molecule has 5 heteroatoms. The standard InChI is InChI=1S/C18H11ClO4/c19-15-10-9-11-3-1-2-4-14(11)16(15)23-18(22)13-7-5-12(6-8-13)17(20)21/h1-10H,(H,20,21). The van der Waals surface area contributed by atoms with Crippen LogP contribution in [0, 0.1) is 0 Å². The fourth-order valence-electron chi connectivity index (χ4n) is 2.22. The van der Waals surface area contributed by atoms with Crippen molar-refractivity contribution in [3.8, 4) is 5.75 Å². The number of carboxylic acids is 1. The molecule has 0 fully saturated rings. The molecule has 0 saturated carbocycles. The second-order valence-electron chi connectivity index (χ2n) is 4.87. The third-order valence-corrected chi connectivity index (χ3v) is 3.69. The van der Waals surface area contributed by atoms with Crippen LogP contribution in [0.2, 0.25) is 5.02 Å². The minimum Gasteiger partial charge on any atom is -0.478 e. The van der Waals surface area contributed by atoms with E-state index in [2.05, 4.69) is 0 Å². The van der Waals surface area contributed by atoms with Crippen LogP contribution in [0.1, 0.15) is 20.7 Å². The quantitative estimate of drug-likeness (QED) is 0.572. The summed E-state index contributed by atoms with van der Waals surface area (Å²) in [6, 6.07) is 16.5. The molecule has 0 aliphatic rings. The van der Waals surface area contributed by atoms with E-state index in [1.165, 1.54) is 24.3 Å². The first-order valence-electron chi connectivity index (χ1n) is 6.79. The lowest BCUT2D eigenvalue weighted by atomic mass is 10.1. The molecular weight excluding hydrogens is 316 g/mol. The van der Waals surface area contributed by atoms with E-state index in [9.17, 15) is 9.59 Å². The number of carbonyl (C=O) groups excluding carboxylic acids is 1. The van der Waals surface area contributed by atoms with Crippen LogP contribution < -0.4 is 4.74 Å². The van der Waals surface area contributed by atoms with Crippen molar-refractivity contribution in [1.82, 2.24) is 0 Å². The van der Waals surface area contributed by atoms with Crippen LogP contribution in [0.4, 0.5) is 0 Å². The maximum atomic E-state index is 12.3. The Bertz CT molecular complexity index is 901. The molecule has 0 bridgehead atoms. The van der Waals surface area contributed by atoms with E-state index in [1.807, 2.05) is 30.3 Å². The number of hydrogen-bond donors (Lipinski definition) is 1. The van der Waals surface area contributed by atoms with E-state index in [1.54, 1.807) is 6.07 Å². The van der Waals surface area contributed by atoms with Crippen LogP contribution in [-0.2, 0) is 0 Å². The van der Waals surface area contributed by atoms with Gasteiger partial charge in [0.05, 0.1) is 16.1 Å². The Morgan fingerprint density at radius 3 is 2.22 bits per heavy atom. The van der Waals surface area contributed by atoms with Crippen LogP contribution in [0.3, 0.4) is 0 Å². The molecule has 23 heavy (non-hydrogen) atoms. The minimum atomic E-state index is -1.05. The van der Waals surface area contributed by atoms with E-state index >= 15 is 0 Å². The maximum Gasteiger partial charge on any atom is 0.343 e. The van der Waals surface area contributed by atoms with Crippen molar-refractivity contribution in [3.05, 3.63) is 76.8 Å². The lowest BCUT2D eigenvalue weighted by Crippen LogP contribution is -2.09. The van der Waals surface area contributed by atoms with Gasteiger partial charge in [0.25, 0.3) is 0 Å². The summed E-state index contributed by atoms with van der Waals surface area (Å²) < 4.78 is 5.43. The molecule has 0 unspecified atom stereocenters. The molecule has 3 rings (SSSR count). The maximum absolute atomic E-state index is 12.3. The molecule has 0 spiro atoms. The number of benzene rings is 3. The Kier molecular flexibility index (Phi) is 4.00. The molecule has 0 aliphatic carbocycles. The summed E-state index contributed by atoms with van der Waals surface area (Å²) in [5.41, 5.74) is 0.351. The molecule has 3 aromatic carbocycles. The molecule has 0 saturated heterocycles. The van der Waals surface area contributed by atoms with Gasteiger partial charge >= 0.3 is 11.9 Å². The third kappa shape index (κ3) is 3.03. The van der Waals surface area contributed by atoms with Gasteiger partial charge in [0.2, 0.25) is 0 Å². The number of carbonyl (C=O) groups is 2. The predicted molar refractivity (Wildman–Crippen MR) is 87.3 cm³/mol. The molecular formula is C18H11ClO4. The van der Waals surface area contributed by atoms with E-state index in [0.29, 0.717) is 5.02 Å². The predicted octanol–water partition coefficient (Wildman–Crippen LogP) is 4.41. The van der Waals surface area contributed by atoms with Crippen LogP contribution in [-0.4, -0.2) is 17.0 Å². The highest BCUT2D eigenvalue weighted by molar-refractivity contribution is 6.33. The van der Waals surface area contributed by atoms with Crippen LogP contribution in [0.25, 0.3) is 10.8 Å². The summed E-state index contributed by atoms with van der Waals surface area (Å²) in [6.07, 6.45) is 0. The summed E-state index contributed by atoms with van der Waals surface area (Å²) in [6.45, 7) is 0. The Morgan fingerprint density at radius 2 is 1.52 bits per heavy atom. The van der Waals surface area contributed by atoms with Gasteiger partial charge in [0.15, 0.2) is 5.75 Å². The smallest absolute Gasteiger partial charge is 0.343 e. The van der Waals surface area contributed by atoms with Crippen molar-refractivity contribution in [2.24, 2.45) is 0 Å². The first-order valence-corrected chi connectivity index (χ1v) is 7.17. The topological polar surface area (TPSA) is 63.6 Å². The zero-order valence-electron chi connectivity index (χ0n) is 11.8. The lowest BCUT2D eigenvalue weighted by molar-refractivity contribution is 0.0692. The second-order valence-corrected chi connectivity index (χ2v) is 5.28. The van der Waals surface area contributed by atoms with Gasteiger partial charge in [-0.25, -0.2) is 9.59 Å². The number of halogens is 1. The Labute approximate surface area is 136 Å².